The minimum Gasteiger partial charge on any atom is -0.379 e. The van der Waals surface area contributed by atoms with Crippen molar-refractivity contribution in [2.75, 3.05) is 26.3 Å². The van der Waals surface area contributed by atoms with E-state index in [1.807, 2.05) is 27.7 Å². The number of ether oxygens (including phenoxy) is 1. The average Bonchev–Trinajstić information content (AvgIpc) is 2.16. The van der Waals surface area contributed by atoms with Crippen molar-refractivity contribution in [3.8, 4) is 0 Å². The van der Waals surface area contributed by atoms with Crippen molar-refractivity contribution in [2.24, 2.45) is 0 Å². The molecule has 0 aromatic heterocycles. The Morgan fingerprint density at radius 2 is 1.50 bits per heavy atom. The van der Waals surface area contributed by atoms with Crippen LogP contribution in [0.4, 0.5) is 0 Å². The molecule has 1 aliphatic rings. The van der Waals surface area contributed by atoms with E-state index in [9.17, 15) is 4.57 Å². The fourth-order valence-electron chi connectivity index (χ4n) is 1.49. The number of hydrogen-bond donors (Lipinski definition) is 0. The first-order chi connectivity index (χ1) is 7.44. The molecule has 0 atom stereocenters. The number of nitrogens with zero attached hydrogens (tertiary/aromatic N) is 1. The van der Waals surface area contributed by atoms with Gasteiger partial charge in [-0.2, -0.15) is 0 Å². The van der Waals surface area contributed by atoms with E-state index < -0.39 is 7.75 Å². The minimum atomic E-state index is -3.15. The van der Waals surface area contributed by atoms with E-state index in [2.05, 4.69) is 0 Å². The summed E-state index contributed by atoms with van der Waals surface area (Å²) in [5.41, 5.74) is 0. The number of rotatable bonds is 5. The Hall–Kier alpha value is 0.0700. The van der Waals surface area contributed by atoms with Gasteiger partial charge in [0.2, 0.25) is 0 Å². The lowest BCUT2D eigenvalue weighted by Gasteiger charge is -2.34. The highest BCUT2D eigenvalue weighted by molar-refractivity contribution is 7.51. The van der Waals surface area contributed by atoms with Gasteiger partial charge in [0.1, 0.15) is 0 Å². The molecule has 1 saturated heterocycles. The van der Waals surface area contributed by atoms with Gasteiger partial charge in [-0.15, -0.1) is 0 Å². The number of hydrogen-bond acceptors (Lipinski definition) is 4. The summed E-state index contributed by atoms with van der Waals surface area (Å²) in [4.78, 5) is 0. The predicted octanol–water partition coefficient (Wildman–Crippen LogP) is 2.28. The van der Waals surface area contributed by atoms with Gasteiger partial charge in [-0.3, -0.25) is 9.05 Å². The summed E-state index contributed by atoms with van der Waals surface area (Å²) in [5.74, 6) is 0. The molecule has 0 saturated carbocycles. The van der Waals surface area contributed by atoms with E-state index >= 15 is 0 Å². The van der Waals surface area contributed by atoms with Crippen molar-refractivity contribution >= 4 is 7.75 Å². The van der Waals surface area contributed by atoms with E-state index in [1.165, 1.54) is 0 Å². The molecule has 6 heteroatoms. The van der Waals surface area contributed by atoms with Crippen LogP contribution in [0, 0.1) is 0 Å². The first-order valence-corrected chi connectivity index (χ1v) is 7.23. The van der Waals surface area contributed by atoms with Gasteiger partial charge in [0.25, 0.3) is 0 Å². The molecule has 1 rings (SSSR count). The van der Waals surface area contributed by atoms with E-state index in [1.54, 1.807) is 4.67 Å². The van der Waals surface area contributed by atoms with Crippen LogP contribution >= 0.6 is 7.75 Å². The lowest BCUT2D eigenvalue weighted by atomic mass is 10.5. The predicted molar refractivity (Wildman–Crippen MR) is 62.4 cm³/mol. The fourth-order valence-corrected chi connectivity index (χ4v) is 3.52. The zero-order valence-electron chi connectivity index (χ0n) is 10.5. The molecule has 0 amide bonds. The van der Waals surface area contributed by atoms with Gasteiger partial charge < -0.3 is 4.74 Å². The minimum absolute atomic E-state index is 0.118. The lowest BCUT2D eigenvalue weighted by molar-refractivity contribution is 0.0384. The van der Waals surface area contributed by atoms with Gasteiger partial charge in [-0.1, -0.05) is 0 Å². The SMILES string of the molecule is CC(C)OP(=O)(OC(C)C)N1CCOCC1. The molecule has 16 heavy (non-hydrogen) atoms. The summed E-state index contributed by atoms with van der Waals surface area (Å²) >= 11 is 0. The molecular weight excluding hydrogens is 229 g/mol. The Morgan fingerprint density at radius 1 is 1.06 bits per heavy atom. The third-order valence-electron chi connectivity index (χ3n) is 2.02. The Labute approximate surface area is 97.6 Å². The van der Waals surface area contributed by atoms with Crippen molar-refractivity contribution in [1.82, 2.24) is 4.67 Å². The summed E-state index contributed by atoms with van der Waals surface area (Å²) in [6.07, 6.45) is -0.236. The molecule has 0 unspecified atom stereocenters. The molecule has 5 nitrogen and oxygen atoms in total. The van der Waals surface area contributed by atoms with Gasteiger partial charge in [0.05, 0.1) is 25.4 Å². The van der Waals surface area contributed by atoms with Crippen molar-refractivity contribution < 1.29 is 18.3 Å². The van der Waals surface area contributed by atoms with Crippen LogP contribution in [0.5, 0.6) is 0 Å². The zero-order valence-corrected chi connectivity index (χ0v) is 11.4. The molecule has 0 aromatic rings. The van der Waals surface area contributed by atoms with Gasteiger partial charge in [-0.05, 0) is 27.7 Å². The topological polar surface area (TPSA) is 48.0 Å². The van der Waals surface area contributed by atoms with Crippen LogP contribution in [0.25, 0.3) is 0 Å². The molecule has 96 valence electrons. The third-order valence-corrected chi connectivity index (χ3v) is 4.49. The van der Waals surface area contributed by atoms with Crippen LogP contribution in [0.3, 0.4) is 0 Å². The third kappa shape index (κ3) is 4.15. The molecule has 0 aliphatic carbocycles. The normalized spacial score (nSPS) is 19.6. The highest BCUT2D eigenvalue weighted by Gasteiger charge is 2.36. The summed E-state index contributed by atoms with van der Waals surface area (Å²) in [6, 6.07) is 0. The van der Waals surface area contributed by atoms with Crippen LogP contribution in [0.2, 0.25) is 0 Å². The second-order valence-electron chi connectivity index (χ2n) is 4.34. The van der Waals surface area contributed by atoms with Gasteiger partial charge >= 0.3 is 7.75 Å². The Kier molecular flexibility index (Phi) is 5.41. The Balaban J connectivity index is 2.71. The second kappa shape index (κ2) is 6.12. The lowest BCUT2D eigenvalue weighted by Crippen LogP contribution is -2.36. The number of morpholine rings is 1. The molecule has 0 spiro atoms. The fraction of sp³-hybridized carbons (Fsp3) is 1.00. The van der Waals surface area contributed by atoms with Crippen LogP contribution in [-0.2, 0) is 18.3 Å². The zero-order chi connectivity index (χ0) is 12.2. The van der Waals surface area contributed by atoms with E-state index in [0.717, 1.165) is 0 Å². The maximum Gasteiger partial charge on any atom is 0.408 e. The first kappa shape index (κ1) is 14.1. The Morgan fingerprint density at radius 3 is 1.88 bits per heavy atom. The maximum atomic E-state index is 12.6. The van der Waals surface area contributed by atoms with Crippen LogP contribution in [0.1, 0.15) is 27.7 Å². The van der Waals surface area contributed by atoms with Gasteiger partial charge in [-0.25, -0.2) is 9.24 Å². The summed E-state index contributed by atoms with van der Waals surface area (Å²) < 4.78 is 30.6. The summed E-state index contributed by atoms with van der Waals surface area (Å²) in [6.45, 7) is 9.77. The molecule has 1 fully saturated rings. The molecule has 0 radical (unpaired) electrons. The standard InChI is InChI=1S/C10H22NO4P/c1-9(2)14-16(12,15-10(3)4)11-5-7-13-8-6-11/h9-10H,5-8H2,1-4H3. The Bertz CT molecular complexity index is 237. The molecular formula is C10H22NO4P. The van der Waals surface area contributed by atoms with Crippen molar-refractivity contribution in [3.05, 3.63) is 0 Å². The van der Waals surface area contributed by atoms with Gasteiger partial charge in [0, 0.05) is 13.1 Å². The molecule has 0 bridgehead atoms. The largest absolute Gasteiger partial charge is 0.408 e. The quantitative estimate of drug-likeness (QED) is 0.701. The molecule has 1 aliphatic heterocycles. The molecule has 0 aromatic carbocycles. The highest BCUT2D eigenvalue weighted by Crippen LogP contribution is 2.54. The summed E-state index contributed by atoms with van der Waals surface area (Å²) in [7, 11) is -3.15. The van der Waals surface area contributed by atoms with Crippen molar-refractivity contribution in [2.45, 2.75) is 39.9 Å². The summed E-state index contributed by atoms with van der Waals surface area (Å²) in [5, 5.41) is 0. The van der Waals surface area contributed by atoms with Crippen LogP contribution in [-0.4, -0.2) is 43.2 Å². The highest BCUT2D eigenvalue weighted by atomic mass is 31.2. The van der Waals surface area contributed by atoms with Crippen LogP contribution in [0.15, 0.2) is 0 Å². The van der Waals surface area contributed by atoms with Crippen molar-refractivity contribution in [1.29, 1.82) is 0 Å². The first-order valence-electron chi connectivity index (χ1n) is 5.74. The van der Waals surface area contributed by atoms with Crippen LogP contribution < -0.4 is 0 Å². The smallest absolute Gasteiger partial charge is 0.379 e. The van der Waals surface area contributed by atoms with E-state index in [4.69, 9.17) is 13.8 Å². The molecule has 0 N–H and O–H groups in total. The molecule has 1 heterocycles. The average molecular weight is 251 g/mol. The van der Waals surface area contributed by atoms with Gasteiger partial charge in [0.15, 0.2) is 0 Å². The van der Waals surface area contributed by atoms with Crippen molar-refractivity contribution in [3.63, 3.8) is 0 Å². The maximum absolute atomic E-state index is 12.6. The second-order valence-corrected chi connectivity index (χ2v) is 6.27. The monoisotopic (exact) mass is 251 g/mol. The van der Waals surface area contributed by atoms with E-state index in [0.29, 0.717) is 26.3 Å². The van der Waals surface area contributed by atoms with E-state index in [-0.39, 0.29) is 12.2 Å².